The Balaban J connectivity index is 1.38. The number of esters is 1. The number of fused-ring (bicyclic) bond motifs is 3. The van der Waals surface area contributed by atoms with Gasteiger partial charge in [0, 0.05) is 30.5 Å². The minimum Gasteiger partial charge on any atom is -0.454 e. The van der Waals surface area contributed by atoms with Crippen molar-refractivity contribution in [3.63, 3.8) is 0 Å². The lowest BCUT2D eigenvalue weighted by molar-refractivity contribution is -0.672. The molecule has 228 valence electrons. The van der Waals surface area contributed by atoms with Crippen molar-refractivity contribution in [1.29, 1.82) is 0 Å². The molecule has 2 N–H and O–H groups in total. The molecule has 0 radical (unpaired) electrons. The molecule has 0 spiro atoms. The number of aromatic amines is 2. The van der Waals surface area contributed by atoms with E-state index in [0.717, 1.165) is 16.5 Å². The van der Waals surface area contributed by atoms with E-state index in [2.05, 4.69) is 10.4 Å². The Morgan fingerprint density at radius 2 is 1.76 bits per heavy atom. The number of ether oxygens (including phenoxy) is 3. The van der Waals surface area contributed by atoms with Gasteiger partial charge in [-0.2, -0.15) is 0 Å². The molecule has 11 nitrogen and oxygen atoms in total. The van der Waals surface area contributed by atoms with Gasteiger partial charge >= 0.3 is 17.3 Å². The summed E-state index contributed by atoms with van der Waals surface area (Å²) >= 11 is 0. The average molecular weight is 616 g/mol. The van der Waals surface area contributed by atoms with Gasteiger partial charge in [-0.15, -0.1) is 0 Å². The first kappa shape index (κ1) is 27.4. The van der Waals surface area contributed by atoms with Crippen LogP contribution in [0.2, 0.25) is 0 Å². The SMILES string of the molecule is CC(=O)Oc1cccc2cccc(-n3[nH]c(=O)c4c3C=C(c3c(=O)o[nH][n+]3-c3ccc(C)cc3)CC4c3ccc4c(c3)OCO4)c12. The molecule has 0 bridgehead atoms. The zero-order chi connectivity index (χ0) is 31.5. The van der Waals surface area contributed by atoms with Crippen molar-refractivity contribution in [3.8, 4) is 28.6 Å². The minimum atomic E-state index is -0.550. The highest BCUT2D eigenvalue weighted by Crippen LogP contribution is 2.44. The minimum absolute atomic E-state index is 0.115. The molecule has 1 aliphatic heterocycles. The Morgan fingerprint density at radius 1 is 0.978 bits per heavy atom. The van der Waals surface area contributed by atoms with Crippen LogP contribution in [-0.2, 0) is 4.79 Å². The maximum Gasteiger partial charge on any atom is 0.435 e. The van der Waals surface area contributed by atoms with Crippen molar-refractivity contribution in [2.45, 2.75) is 26.2 Å². The van der Waals surface area contributed by atoms with Gasteiger partial charge < -0.3 is 14.2 Å². The molecule has 2 aromatic heterocycles. The summed E-state index contributed by atoms with van der Waals surface area (Å²) in [7, 11) is 0. The Bertz CT molecular complexity index is 2330. The Hall–Kier alpha value is -6.10. The number of rotatable bonds is 5. The second kappa shape index (κ2) is 10.5. The van der Waals surface area contributed by atoms with E-state index < -0.39 is 17.5 Å². The number of aromatic nitrogens is 4. The van der Waals surface area contributed by atoms with Gasteiger partial charge in [0.05, 0.1) is 22.3 Å². The molecule has 1 unspecified atom stereocenters. The van der Waals surface area contributed by atoms with E-state index in [9.17, 15) is 14.4 Å². The van der Waals surface area contributed by atoms with E-state index in [0.29, 0.717) is 63.0 Å². The van der Waals surface area contributed by atoms with Gasteiger partial charge in [0.25, 0.3) is 5.56 Å². The predicted molar refractivity (Wildman–Crippen MR) is 168 cm³/mol. The molecule has 0 saturated heterocycles. The van der Waals surface area contributed by atoms with Crippen molar-refractivity contribution in [1.82, 2.24) is 15.1 Å². The normalized spacial score (nSPS) is 15.1. The monoisotopic (exact) mass is 615 g/mol. The summed E-state index contributed by atoms with van der Waals surface area (Å²) in [6.07, 6.45) is 2.16. The highest BCUT2D eigenvalue weighted by molar-refractivity contribution is 5.97. The van der Waals surface area contributed by atoms with Gasteiger partial charge in [0.15, 0.2) is 11.5 Å². The van der Waals surface area contributed by atoms with Crippen molar-refractivity contribution in [2.75, 3.05) is 6.79 Å². The quantitative estimate of drug-likeness (QED) is 0.160. The van der Waals surface area contributed by atoms with E-state index in [1.165, 1.54) is 6.92 Å². The highest BCUT2D eigenvalue weighted by Gasteiger charge is 2.37. The molecule has 8 rings (SSSR count). The smallest absolute Gasteiger partial charge is 0.435 e. The van der Waals surface area contributed by atoms with Gasteiger partial charge in [-0.1, -0.05) is 48.0 Å². The molecule has 0 fully saturated rings. The third-order valence-electron chi connectivity index (χ3n) is 8.44. The number of hydrogen-bond acceptors (Lipinski definition) is 7. The van der Waals surface area contributed by atoms with Gasteiger partial charge in [-0.05, 0) is 64.6 Å². The van der Waals surface area contributed by atoms with Gasteiger partial charge in [0.2, 0.25) is 12.5 Å². The zero-order valence-corrected chi connectivity index (χ0v) is 24.8. The van der Waals surface area contributed by atoms with Crippen LogP contribution in [0.15, 0.2) is 93.0 Å². The van der Waals surface area contributed by atoms with E-state index in [4.69, 9.17) is 18.7 Å². The zero-order valence-electron chi connectivity index (χ0n) is 24.8. The summed E-state index contributed by atoms with van der Waals surface area (Å²) in [5, 5.41) is 7.24. The summed E-state index contributed by atoms with van der Waals surface area (Å²) < 4.78 is 25.5. The van der Waals surface area contributed by atoms with E-state index in [-0.39, 0.29) is 12.4 Å². The molecule has 1 aliphatic carbocycles. The van der Waals surface area contributed by atoms with Crippen molar-refractivity contribution >= 4 is 28.4 Å². The number of carbonyl (C=O) groups excluding carboxylic acids is 1. The summed E-state index contributed by atoms with van der Waals surface area (Å²) in [5.41, 5.74) is 4.39. The predicted octanol–water partition coefficient (Wildman–Crippen LogP) is 4.92. The summed E-state index contributed by atoms with van der Waals surface area (Å²) in [4.78, 5) is 39.3. The molecule has 1 atom stereocenters. The fourth-order valence-corrected chi connectivity index (χ4v) is 6.39. The van der Waals surface area contributed by atoms with E-state index in [1.807, 2.05) is 79.7 Å². The van der Waals surface area contributed by atoms with Crippen molar-refractivity contribution in [2.24, 2.45) is 0 Å². The second-order valence-corrected chi connectivity index (χ2v) is 11.3. The molecule has 0 amide bonds. The number of hydrogen-bond donors (Lipinski definition) is 2. The van der Waals surface area contributed by atoms with E-state index in [1.54, 1.807) is 21.5 Å². The molecule has 0 saturated carbocycles. The van der Waals surface area contributed by atoms with Crippen LogP contribution in [0, 0.1) is 6.92 Å². The van der Waals surface area contributed by atoms with Crippen molar-refractivity contribution in [3.05, 3.63) is 128 Å². The largest absolute Gasteiger partial charge is 0.454 e. The first-order chi connectivity index (χ1) is 22.4. The Kier molecular flexibility index (Phi) is 6.27. The van der Waals surface area contributed by atoms with Crippen LogP contribution in [0.4, 0.5) is 0 Å². The summed E-state index contributed by atoms with van der Waals surface area (Å²) in [6, 6.07) is 24.4. The molecule has 11 heteroatoms. The van der Waals surface area contributed by atoms with Crippen LogP contribution < -0.4 is 30.1 Å². The standard InChI is InChI=1S/C35H26N4O7/c1-19-9-12-24(13-10-19)38-33(35(42)46-37-38)23-15-25(22-11-14-28-30(17-22)44-18-43-28)32-27(16-23)39(36-34(32)41)26-7-3-5-21-6-4-8-29(31(21)26)45-20(2)40/h3-14,16-17,25H,15,18H2,1-2H3,(H-,36,37,41,42)/p+1. The number of aryl methyl sites for hydroxylation is 1. The van der Waals surface area contributed by atoms with Crippen LogP contribution in [0.1, 0.15) is 47.3 Å². The second-order valence-electron chi connectivity index (χ2n) is 11.3. The topological polar surface area (TPSA) is 132 Å². The van der Waals surface area contributed by atoms with Crippen LogP contribution >= 0.6 is 0 Å². The summed E-state index contributed by atoms with van der Waals surface area (Å²) in [5.74, 6) is 0.648. The van der Waals surface area contributed by atoms with Crippen molar-refractivity contribution < 1.29 is 28.2 Å². The fourth-order valence-electron chi connectivity index (χ4n) is 6.39. The van der Waals surface area contributed by atoms with Crippen LogP contribution in [-0.4, -0.2) is 27.8 Å². The van der Waals surface area contributed by atoms with Crippen LogP contribution in [0.25, 0.3) is 33.8 Å². The molecule has 46 heavy (non-hydrogen) atoms. The third-order valence-corrected chi connectivity index (χ3v) is 8.44. The van der Waals surface area contributed by atoms with Crippen LogP contribution in [0.5, 0.6) is 17.2 Å². The van der Waals surface area contributed by atoms with Gasteiger partial charge in [-0.3, -0.25) is 23.9 Å². The van der Waals surface area contributed by atoms with Gasteiger partial charge in [0.1, 0.15) is 5.75 Å². The number of carbonyl (C=O) groups is 1. The maximum atomic E-state index is 13.9. The Morgan fingerprint density at radius 3 is 2.57 bits per heavy atom. The van der Waals surface area contributed by atoms with Gasteiger partial charge in [-0.25, -0.2) is 4.79 Å². The number of benzene rings is 4. The average Bonchev–Trinajstić information content (AvgIpc) is 3.77. The van der Waals surface area contributed by atoms with Crippen LogP contribution in [0.3, 0.4) is 0 Å². The molecular formula is C35H27N4O7+. The number of H-pyrrole nitrogens is 2. The lowest BCUT2D eigenvalue weighted by Crippen LogP contribution is -2.38. The number of nitrogens with zero attached hydrogens (tertiary/aromatic N) is 2. The third kappa shape index (κ3) is 4.43. The highest BCUT2D eigenvalue weighted by atomic mass is 16.7. The first-order valence-electron chi connectivity index (χ1n) is 14.7. The lowest BCUT2D eigenvalue weighted by Gasteiger charge is -2.22. The molecule has 2 aliphatic rings. The molecule has 3 heterocycles. The fraction of sp³-hybridized carbons (Fsp3) is 0.143. The molecule has 6 aromatic rings. The lowest BCUT2D eigenvalue weighted by atomic mass is 9.80. The summed E-state index contributed by atoms with van der Waals surface area (Å²) in [6.45, 7) is 3.45. The maximum absolute atomic E-state index is 13.9. The number of nitrogens with one attached hydrogen (secondary N) is 2. The molecular weight excluding hydrogens is 588 g/mol. The molecule has 4 aromatic carbocycles. The Labute approximate surface area is 260 Å². The first-order valence-corrected chi connectivity index (χ1v) is 14.7. The van der Waals surface area contributed by atoms with E-state index >= 15 is 0 Å². The number of allylic oxidation sites excluding steroid dienone is 1.